The van der Waals surface area contributed by atoms with E-state index in [0.29, 0.717) is 57.1 Å². The lowest BCUT2D eigenvalue weighted by molar-refractivity contribution is -0.139. The van der Waals surface area contributed by atoms with Gasteiger partial charge in [0.25, 0.3) is 0 Å². The predicted octanol–water partition coefficient (Wildman–Crippen LogP) is 6.41. The summed E-state index contributed by atoms with van der Waals surface area (Å²) in [6, 6.07) is -2.08. The molecule has 6 rings (SSSR count). The fourth-order valence-corrected chi connectivity index (χ4v) is 9.83. The lowest BCUT2D eigenvalue weighted by atomic mass is 9.84. The Kier molecular flexibility index (Phi) is 28.5. The molecule has 0 aromatic heterocycles. The highest BCUT2D eigenvalue weighted by atomic mass is 16.8. The van der Waals surface area contributed by atoms with E-state index in [-0.39, 0.29) is 67.2 Å². The maximum absolute atomic E-state index is 12.8. The summed E-state index contributed by atoms with van der Waals surface area (Å²) in [5, 5.41) is 8.92. The number of ether oxygens (including phenoxy) is 10. The third-order valence-electron chi connectivity index (χ3n) is 13.7. The second kappa shape index (κ2) is 33.5. The number of likely N-dealkylation sites (tertiary alicyclic amines) is 2. The fraction of sp³-hybridized carbons (Fsp3) is 0.814. The number of nitrogens with two attached hydrogens (primary N) is 1. The first-order chi connectivity index (χ1) is 38.5. The molecule has 4 fully saturated rings. The Hall–Kier alpha value is -4.91. The molecule has 468 valence electrons. The fourth-order valence-electron chi connectivity index (χ4n) is 9.83. The van der Waals surface area contributed by atoms with E-state index in [1.807, 2.05) is 12.2 Å². The highest BCUT2D eigenvalue weighted by Crippen LogP contribution is 2.31. The topological polar surface area (TPSA) is 280 Å². The summed E-state index contributed by atoms with van der Waals surface area (Å²) in [4.78, 5) is 88.3. The van der Waals surface area contributed by atoms with Crippen molar-refractivity contribution in [3.05, 3.63) is 23.3 Å². The number of hydrogen-bond donors (Lipinski definition) is 4. The smallest absolute Gasteiger partial charge is 0.463 e. The molecule has 2 saturated heterocycles. The third-order valence-corrected chi connectivity index (χ3v) is 13.7. The molecule has 0 aromatic carbocycles. The Morgan fingerprint density at radius 2 is 0.976 bits per heavy atom. The van der Waals surface area contributed by atoms with Crippen LogP contribution in [0.5, 0.6) is 0 Å². The van der Waals surface area contributed by atoms with Crippen LogP contribution in [0.2, 0.25) is 0 Å². The third kappa shape index (κ3) is 27.7. The molecule has 0 bridgehead atoms. The summed E-state index contributed by atoms with van der Waals surface area (Å²) in [5.41, 5.74) is 5.39. The average molecular weight is 1170 g/mol. The summed E-state index contributed by atoms with van der Waals surface area (Å²) < 4.78 is 53.3. The van der Waals surface area contributed by atoms with Gasteiger partial charge < -0.3 is 69.1 Å². The van der Waals surface area contributed by atoms with Crippen molar-refractivity contribution in [2.45, 2.75) is 219 Å². The van der Waals surface area contributed by atoms with Gasteiger partial charge >= 0.3 is 30.3 Å². The molecule has 0 spiro atoms. The van der Waals surface area contributed by atoms with Gasteiger partial charge in [-0.25, -0.2) is 24.0 Å². The SMILES string of the molecule is CC(C)(C)OC(=O)OC(=O)OC(C)(C)C.CCOC(=O)C1=C[C@@H](N2CCC[C@H](OCCOCC3CC3)C2)[C@H](NC(C)=O)[C@@H](N)C1.CCOC(=O)C1=C[C@@H](N2CCC[C@H](OCCOCC3CC3)C2)[C@H](NC(C)=O)[C@@H](NC(=O)OC(C)(C)C)C1. The van der Waals surface area contributed by atoms with E-state index in [2.05, 4.69) is 30.5 Å². The van der Waals surface area contributed by atoms with Gasteiger partial charge in [0, 0.05) is 63.8 Å². The second-order valence-electron chi connectivity index (χ2n) is 24.9. The van der Waals surface area contributed by atoms with Gasteiger partial charge in [0.05, 0.1) is 82.1 Å². The molecule has 4 aliphatic carbocycles. The van der Waals surface area contributed by atoms with Crippen LogP contribution >= 0.6 is 0 Å². The van der Waals surface area contributed by atoms with Crippen molar-refractivity contribution in [1.82, 2.24) is 25.8 Å². The second-order valence-corrected chi connectivity index (χ2v) is 24.9. The molecular weight excluding hydrogens is 1060 g/mol. The van der Waals surface area contributed by atoms with E-state index < -0.39 is 53.3 Å². The molecule has 2 saturated carbocycles. The first-order valence-electron chi connectivity index (χ1n) is 29.6. The van der Waals surface area contributed by atoms with E-state index in [0.717, 1.165) is 70.4 Å². The zero-order chi connectivity index (χ0) is 60.8. The van der Waals surface area contributed by atoms with E-state index in [4.69, 9.17) is 48.4 Å². The number of carbonyl (C=O) groups is 7. The van der Waals surface area contributed by atoms with Crippen molar-refractivity contribution in [1.29, 1.82) is 0 Å². The number of amides is 3. The normalized spacial score (nSPS) is 25.1. The van der Waals surface area contributed by atoms with Crippen LogP contribution in [-0.4, -0.2) is 196 Å². The van der Waals surface area contributed by atoms with Crippen LogP contribution in [0.15, 0.2) is 23.3 Å². The number of nitrogens with zero attached hydrogens (tertiary/aromatic N) is 2. The largest absolute Gasteiger partial charge is 0.519 e. The maximum Gasteiger partial charge on any atom is 0.519 e. The molecule has 0 radical (unpaired) electrons. The monoisotopic (exact) mass is 1160 g/mol. The van der Waals surface area contributed by atoms with Gasteiger partial charge in [0.15, 0.2) is 0 Å². The summed E-state index contributed by atoms with van der Waals surface area (Å²) in [5.74, 6) is 0.420. The number of nitrogens with one attached hydrogen (secondary N) is 3. The highest BCUT2D eigenvalue weighted by molar-refractivity contribution is 5.90. The molecule has 2 heterocycles. The Bertz CT molecular complexity index is 2100. The van der Waals surface area contributed by atoms with E-state index >= 15 is 0 Å². The quantitative estimate of drug-likeness (QED) is 0.0418. The number of hydrogen-bond acceptors (Lipinski definition) is 20. The van der Waals surface area contributed by atoms with Crippen LogP contribution in [0.3, 0.4) is 0 Å². The van der Waals surface area contributed by atoms with Crippen molar-refractivity contribution in [2.75, 3.05) is 79.0 Å². The van der Waals surface area contributed by atoms with Gasteiger partial charge in [-0.2, -0.15) is 0 Å². The summed E-state index contributed by atoms with van der Waals surface area (Å²) in [6.07, 6.45) is 10.8. The Morgan fingerprint density at radius 1 is 0.561 bits per heavy atom. The Morgan fingerprint density at radius 3 is 1.38 bits per heavy atom. The average Bonchev–Trinajstić information content (AvgIpc) is 4.27. The van der Waals surface area contributed by atoms with Crippen LogP contribution in [0, 0.1) is 11.8 Å². The summed E-state index contributed by atoms with van der Waals surface area (Å²) >= 11 is 0. The van der Waals surface area contributed by atoms with Crippen LogP contribution < -0.4 is 21.7 Å². The van der Waals surface area contributed by atoms with Crippen LogP contribution in [0.4, 0.5) is 14.4 Å². The minimum atomic E-state index is -1.06. The molecule has 5 N–H and O–H groups in total. The molecule has 23 heteroatoms. The number of piperidine rings is 2. The van der Waals surface area contributed by atoms with E-state index in [1.165, 1.54) is 39.5 Å². The molecule has 0 aromatic rings. The predicted molar refractivity (Wildman–Crippen MR) is 304 cm³/mol. The minimum absolute atomic E-state index is 0.0230. The van der Waals surface area contributed by atoms with Gasteiger partial charge in [-0.15, -0.1) is 0 Å². The van der Waals surface area contributed by atoms with E-state index in [9.17, 15) is 33.6 Å². The number of carbonyl (C=O) groups excluding carboxylic acids is 7. The molecule has 3 amide bonds. The molecular formula is C59H100N6O17. The zero-order valence-electron chi connectivity index (χ0n) is 51.4. The van der Waals surface area contributed by atoms with Crippen molar-refractivity contribution in [3.63, 3.8) is 0 Å². The van der Waals surface area contributed by atoms with Crippen LogP contribution in [0.1, 0.15) is 154 Å². The molecule has 8 atom stereocenters. The van der Waals surface area contributed by atoms with Gasteiger partial charge in [-0.3, -0.25) is 19.4 Å². The van der Waals surface area contributed by atoms with Crippen molar-refractivity contribution in [3.8, 4) is 0 Å². The highest BCUT2D eigenvalue weighted by Gasteiger charge is 2.43. The molecule has 2 aliphatic heterocycles. The number of esters is 2. The molecule has 82 heavy (non-hydrogen) atoms. The maximum atomic E-state index is 12.8. The lowest BCUT2D eigenvalue weighted by Gasteiger charge is -2.45. The summed E-state index contributed by atoms with van der Waals surface area (Å²) in [7, 11) is 0. The molecule has 23 nitrogen and oxygen atoms in total. The standard InChI is InChI=1S/C27H45N3O7.C22H37N3O5.C10H18O5/c1-6-35-25(32)20-14-22(29-26(33)37-27(3,4)5)24(28-18(2)31)23(15-20)30-11-7-8-21(16-30)36-13-12-34-17-19-9-10-19;1-3-29-22(27)17-11-19(23)21(24-15(2)26)20(12-17)25-8-4-5-18(13-25)30-10-9-28-14-16-6-7-16;1-9(2,3)14-7(11)13-8(12)15-10(4,5)6/h15,19,21-24H,6-14,16-17H2,1-5H3,(H,28,31)(H,29,33);12,16,18-21H,3-11,13-14,23H2,1-2H3,(H,24,26);1-6H3/t21-,22-,23+,24+;18-,19-,20+,21+;/m00./s1. The zero-order valence-corrected chi connectivity index (χ0v) is 51.4. The van der Waals surface area contributed by atoms with E-state index in [1.54, 1.807) is 76.2 Å². The number of alkyl carbamates (subject to hydrolysis) is 1. The van der Waals surface area contributed by atoms with Gasteiger partial charge in [-0.05, 0) is 159 Å². The van der Waals surface area contributed by atoms with Gasteiger partial charge in [0.2, 0.25) is 11.8 Å². The van der Waals surface area contributed by atoms with Crippen molar-refractivity contribution < 1.29 is 80.9 Å². The first kappa shape index (κ1) is 69.6. The van der Waals surface area contributed by atoms with Crippen molar-refractivity contribution >= 4 is 42.2 Å². The van der Waals surface area contributed by atoms with Crippen molar-refractivity contribution in [2.24, 2.45) is 17.6 Å². The van der Waals surface area contributed by atoms with Gasteiger partial charge in [-0.1, -0.05) is 12.2 Å². The van der Waals surface area contributed by atoms with Crippen LogP contribution in [-0.2, 0) is 66.5 Å². The number of rotatable bonds is 21. The summed E-state index contributed by atoms with van der Waals surface area (Å²) in [6.45, 7) is 29.5. The molecule has 0 unspecified atom stereocenters. The minimum Gasteiger partial charge on any atom is -0.463 e. The van der Waals surface area contributed by atoms with Crippen LogP contribution in [0.25, 0.3) is 0 Å². The Balaban J connectivity index is 0.000000287. The van der Waals surface area contributed by atoms with Gasteiger partial charge in [0.1, 0.15) is 16.8 Å². The Labute approximate surface area is 486 Å². The first-order valence-corrected chi connectivity index (χ1v) is 29.6. The lowest BCUT2D eigenvalue weighted by Crippen LogP contribution is -2.64. The molecule has 6 aliphatic rings.